The Bertz CT molecular complexity index is 676. The van der Waals surface area contributed by atoms with Crippen LogP contribution in [0, 0.1) is 0 Å². The van der Waals surface area contributed by atoms with Crippen LogP contribution in [-0.2, 0) is 23.0 Å². The molecule has 2 aromatic rings. The summed E-state index contributed by atoms with van der Waals surface area (Å²) < 4.78 is 29.1. The quantitative estimate of drug-likeness (QED) is 0.726. The number of nitrogens with zero attached hydrogens (tertiary/aromatic N) is 2. The summed E-state index contributed by atoms with van der Waals surface area (Å²) in [5, 5.41) is 7.28. The number of rotatable bonds is 8. The van der Waals surface area contributed by atoms with Crippen LogP contribution in [-0.4, -0.2) is 31.3 Å². The number of nitrogens with one attached hydrogen (secondary N) is 2. The lowest BCUT2D eigenvalue weighted by molar-refractivity contribution is 0.603. The second-order valence-corrected chi connectivity index (χ2v) is 7.59. The monoisotopic (exact) mass is 328 g/mol. The molecule has 2 heterocycles. The van der Waals surface area contributed by atoms with E-state index in [-0.39, 0.29) is 0 Å². The van der Waals surface area contributed by atoms with Crippen molar-refractivity contribution in [3.63, 3.8) is 0 Å². The minimum absolute atomic E-state index is 0.332. The first kappa shape index (κ1) is 16.0. The number of sulfonamides is 1. The van der Waals surface area contributed by atoms with Gasteiger partial charge in [-0.25, -0.2) is 8.42 Å². The van der Waals surface area contributed by atoms with Gasteiger partial charge in [0, 0.05) is 17.6 Å². The third-order valence-electron chi connectivity index (χ3n) is 2.91. The summed E-state index contributed by atoms with van der Waals surface area (Å²) in [6.07, 6.45) is 4.03. The molecule has 0 spiro atoms. The third kappa shape index (κ3) is 4.29. The number of anilines is 1. The highest BCUT2D eigenvalue weighted by Crippen LogP contribution is 2.24. The van der Waals surface area contributed by atoms with Crippen LogP contribution in [0.1, 0.15) is 18.7 Å². The first-order valence-electron chi connectivity index (χ1n) is 6.90. The number of aromatic nitrogens is 2. The first-order chi connectivity index (χ1) is 10.0. The lowest BCUT2D eigenvalue weighted by atomic mass is 10.3. The molecular formula is C13H20N4O2S2. The van der Waals surface area contributed by atoms with Gasteiger partial charge in [0.1, 0.15) is 4.21 Å². The van der Waals surface area contributed by atoms with Gasteiger partial charge in [0.05, 0.1) is 11.9 Å². The molecule has 0 unspecified atom stereocenters. The van der Waals surface area contributed by atoms with Gasteiger partial charge in [-0.2, -0.15) is 5.10 Å². The largest absolute Gasteiger partial charge is 0.317 e. The van der Waals surface area contributed by atoms with Crippen molar-refractivity contribution in [2.75, 3.05) is 17.8 Å². The zero-order chi connectivity index (χ0) is 15.3. The summed E-state index contributed by atoms with van der Waals surface area (Å²) >= 11 is 1.30. The number of hydrogen-bond donors (Lipinski definition) is 2. The van der Waals surface area contributed by atoms with Crippen molar-refractivity contribution in [1.82, 2.24) is 15.1 Å². The Morgan fingerprint density at radius 1 is 1.33 bits per heavy atom. The molecule has 0 aliphatic heterocycles. The predicted molar refractivity (Wildman–Crippen MR) is 85.3 cm³/mol. The molecule has 0 aliphatic carbocycles. The molecule has 0 fully saturated rings. The maximum atomic E-state index is 12.3. The molecule has 116 valence electrons. The van der Waals surface area contributed by atoms with Crippen LogP contribution in [0.4, 0.5) is 5.69 Å². The van der Waals surface area contributed by atoms with E-state index in [4.69, 9.17) is 0 Å². The van der Waals surface area contributed by atoms with Crippen molar-refractivity contribution in [2.24, 2.45) is 0 Å². The van der Waals surface area contributed by atoms with Gasteiger partial charge in [0.2, 0.25) is 0 Å². The lowest BCUT2D eigenvalue weighted by Crippen LogP contribution is -2.15. The molecule has 2 rings (SSSR count). The number of aryl methyl sites for hydroxylation is 1. The highest BCUT2D eigenvalue weighted by atomic mass is 32.2. The fourth-order valence-corrected chi connectivity index (χ4v) is 4.20. The number of hydrogen-bond acceptors (Lipinski definition) is 5. The van der Waals surface area contributed by atoms with Crippen molar-refractivity contribution in [2.45, 2.75) is 31.0 Å². The zero-order valence-electron chi connectivity index (χ0n) is 12.2. The Kier molecular flexibility index (Phi) is 5.38. The molecule has 0 amide bonds. The molecule has 0 saturated heterocycles. The van der Waals surface area contributed by atoms with E-state index in [0.29, 0.717) is 16.4 Å². The van der Waals surface area contributed by atoms with Crippen LogP contribution in [0.5, 0.6) is 0 Å². The van der Waals surface area contributed by atoms with E-state index in [9.17, 15) is 8.42 Å². The highest BCUT2D eigenvalue weighted by molar-refractivity contribution is 7.94. The van der Waals surface area contributed by atoms with Crippen LogP contribution in [0.15, 0.2) is 28.7 Å². The molecule has 0 atom stereocenters. The summed E-state index contributed by atoms with van der Waals surface area (Å²) in [5.41, 5.74) is 0.486. The summed E-state index contributed by atoms with van der Waals surface area (Å²) in [7, 11) is -3.52. The van der Waals surface area contributed by atoms with E-state index in [1.807, 2.05) is 19.9 Å². The summed E-state index contributed by atoms with van der Waals surface area (Å²) in [5.74, 6) is 0. The van der Waals surface area contributed by atoms with E-state index in [2.05, 4.69) is 15.1 Å². The van der Waals surface area contributed by atoms with Crippen LogP contribution >= 0.6 is 11.3 Å². The SMILES string of the molecule is CCNCCc1ccc(S(=O)(=O)Nc2cnn(CC)c2)s1. The Balaban J connectivity index is 2.05. The smallest absolute Gasteiger partial charge is 0.271 e. The molecule has 0 saturated carbocycles. The van der Waals surface area contributed by atoms with Crippen molar-refractivity contribution < 1.29 is 8.42 Å². The average molecular weight is 328 g/mol. The van der Waals surface area contributed by atoms with E-state index in [1.165, 1.54) is 17.5 Å². The van der Waals surface area contributed by atoms with Crippen molar-refractivity contribution in [3.8, 4) is 0 Å². The van der Waals surface area contributed by atoms with Gasteiger partial charge in [0.25, 0.3) is 10.0 Å². The molecule has 2 N–H and O–H groups in total. The summed E-state index contributed by atoms with van der Waals surface area (Å²) in [6, 6.07) is 3.52. The van der Waals surface area contributed by atoms with Gasteiger partial charge in [-0.1, -0.05) is 6.92 Å². The summed E-state index contributed by atoms with van der Waals surface area (Å²) in [4.78, 5) is 1.06. The molecule has 21 heavy (non-hydrogen) atoms. The Morgan fingerprint density at radius 2 is 2.14 bits per heavy atom. The van der Waals surface area contributed by atoms with Crippen molar-refractivity contribution in [3.05, 3.63) is 29.4 Å². The fourth-order valence-electron chi connectivity index (χ4n) is 1.82. The van der Waals surface area contributed by atoms with E-state index >= 15 is 0 Å². The average Bonchev–Trinajstić information content (AvgIpc) is 3.08. The Labute approximate surface area is 129 Å². The minimum Gasteiger partial charge on any atom is -0.317 e. The molecule has 0 aromatic carbocycles. The van der Waals surface area contributed by atoms with Gasteiger partial charge in [0.15, 0.2) is 0 Å². The van der Waals surface area contributed by atoms with E-state index in [1.54, 1.807) is 16.9 Å². The van der Waals surface area contributed by atoms with Crippen LogP contribution in [0.2, 0.25) is 0 Å². The molecule has 0 bridgehead atoms. The maximum Gasteiger partial charge on any atom is 0.271 e. The second-order valence-electron chi connectivity index (χ2n) is 4.51. The lowest BCUT2D eigenvalue weighted by Gasteiger charge is -2.03. The third-order valence-corrected chi connectivity index (χ3v) is 5.93. The maximum absolute atomic E-state index is 12.3. The normalized spacial score (nSPS) is 11.7. The predicted octanol–water partition coefficient (Wildman–Crippen LogP) is 1.92. The molecule has 2 aromatic heterocycles. The topological polar surface area (TPSA) is 76.0 Å². The molecular weight excluding hydrogens is 308 g/mol. The van der Waals surface area contributed by atoms with Crippen molar-refractivity contribution >= 4 is 27.0 Å². The first-order valence-corrected chi connectivity index (χ1v) is 9.20. The standard InChI is InChI=1S/C13H20N4O2S2/c1-3-14-8-7-12-5-6-13(20-12)21(18,19)16-11-9-15-17(4-2)10-11/h5-6,9-10,14,16H,3-4,7-8H2,1-2H3. The van der Waals surface area contributed by atoms with Crippen molar-refractivity contribution in [1.29, 1.82) is 0 Å². The Hall–Kier alpha value is -1.38. The number of thiophene rings is 1. The Morgan fingerprint density at radius 3 is 2.81 bits per heavy atom. The van der Waals surface area contributed by atoms with Gasteiger partial charge < -0.3 is 5.32 Å². The fraction of sp³-hybridized carbons (Fsp3) is 0.462. The second kappa shape index (κ2) is 7.06. The van der Waals surface area contributed by atoms with Gasteiger partial charge >= 0.3 is 0 Å². The highest BCUT2D eigenvalue weighted by Gasteiger charge is 2.17. The van der Waals surface area contributed by atoms with E-state index in [0.717, 1.165) is 24.4 Å². The van der Waals surface area contributed by atoms with Crippen LogP contribution in [0.3, 0.4) is 0 Å². The molecule has 6 nitrogen and oxygen atoms in total. The van der Waals surface area contributed by atoms with Gasteiger partial charge in [-0.15, -0.1) is 11.3 Å². The zero-order valence-corrected chi connectivity index (χ0v) is 13.8. The van der Waals surface area contributed by atoms with Crippen LogP contribution < -0.4 is 10.0 Å². The van der Waals surface area contributed by atoms with Crippen LogP contribution in [0.25, 0.3) is 0 Å². The molecule has 0 radical (unpaired) electrons. The minimum atomic E-state index is -3.52. The van der Waals surface area contributed by atoms with E-state index < -0.39 is 10.0 Å². The van der Waals surface area contributed by atoms with Gasteiger partial charge in [-0.05, 0) is 38.6 Å². The van der Waals surface area contributed by atoms with Gasteiger partial charge in [-0.3, -0.25) is 9.40 Å². The summed E-state index contributed by atoms with van der Waals surface area (Å²) in [6.45, 7) is 6.47. The molecule has 0 aliphatic rings. The number of likely N-dealkylation sites (N-methyl/N-ethyl adjacent to an activating group) is 1. The molecule has 8 heteroatoms.